The number of nitriles is 1. The predicted molar refractivity (Wildman–Crippen MR) is 104 cm³/mol. The summed E-state index contributed by atoms with van der Waals surface area (Å²) in [4.78, 5) is 0.737. The Morgan fingerprint density at radius 1 is 1.21 bits per heavy atom. The summed E-state index contributed by atoms with van der Waals surface area (Å²) >= 11 is 0. The summed E-state index contributed by atoms with van der Waals surface area (Å²) in [5.41, 5.74) is 2.88. The number of rotatable bonds is 5. The molecule has 1 unspecified atom stereocenters. The summed E-state index contributed by atoms with van der Waals surface area (Å²) in [6, 6.07) is 14.7. The maximum Gasteiger partial charge on any atom is 0.111 e. The Balaban J connectivity index is 1.89. The standard InChI is InChI=1S/C21H23NO5S/c1-28(26)18-6-2-13(3-7-18)8-16-9-14(4-5-15(16)11-22)21-20(25)19(24)10-17(12-23)27-21/h2-7,9,17,19-21,23-25H,8,10,12H2,1H3/t17-,19-,20+,21-,28?/m0/s1. The van der Waals surface area contributed by atoms with Gasteiger partial charge in [0.2, 0.25) is 0 Å². The molecular formula is C21H23NO5S. The maximum absolute atomic E-state index is 11.5. The fraction of sp³-hybridized carbons (Fsp3) is 0.381. The number of hydrogen-bond donors (Lipinski definition) is 3. The molecule has 2 aromatic rings. The van der Waals surface area contributed by atoms with E-state index in [-0.39, 0.29) is 13.0 Å². The van der Waals surface area contributed by atoms with Crippen LogP contribution in [0.15, 0.2) is 47.4 Å². The van der Waals surface area contributed by atoms with Crippen molar-refractivity contribution >= 4 is 10.8 Å². The van der Waals surface area contributed by atoms with Crippen molar-refractivity contribution in [1.82, 2.24) is 0 Å². The van der Waals surface area contributed by atoms with Gasteiger partial charge in [-0.1, -0.05) is 24.3 Å². The van der Waals surface area contributed by atoms with E-state index in [4.69, 9.17) is 4.74 Å². The number of ether oxygens (including phenoxy) is 1. The van der Waals surface area contributed by atoms with Crippen LogP contribution in [0.5, 0.6) is 0 Å². The van der Waals surface area contributed by atoms with Gasteiger partial charge in [-0.15, -0.1) is 0 Å². The molecule has 2 aromatic carbocycles. The van der Waals surface area contributed by atoms with E-state index in [1.807, 2.05) is 12.1 Å². The van der Waals surface area contributed by atoms with Crippen molar-refractivity contribution in [1.29, 1.82) is 5.26 Å². The van der Waals surface area contributed by atoms with Crippen molar-refractivity contribution in [3.8, 4) is 6.07 Å². The highest BCUT2D eigenvalue weighted by molar-refractivity contribution is 7.84. The minimum Gasteiger partial charge on any atom is -0.394 e. The van der Waals surface area contributed by atoms with Crippen molar-refractivity contribution in [3.63, 3.8) is 0 Å². The summed E-state index contributed by atoms with van der Waals surface area (Å²) in [6.07, 6.45) is -1.15. The Morgan fingerprint density at radius 2 is 1.93 bits per heavy atom. The van der Waals surface area contributed by atoms with Crippen LogP contribution in [0.2, 0.25) is 0 Å². The molecule has 1 heterocycles. The zero-order chi connectivity index (χ0) is 20.3. The maximum atomic E-state index is 11.5. The van der Waals surface area contributed by atoms with E-state index >= 15 is 0 Å². The number of aliphatic hydroxyl groups is 3. The molecule has 5 atom stereocenters. The molecule has 0 aromatic heterocycles. The van der Waals surface area contributed by atoms with Gasteiger partial charge in [0.1, 0.15) is 12.2 Å². The zero-order valence-corrected chi connectivity index (χ0v) is 16.3. The molecule has 28 heavy (non-hydrogen) atoms. The fourth-order valence-corrected chi connectivity index (χ4v) is 3.93. The van der Waals surface area contributed by atoms with Gasteiger partial charge < -0.3 is 20.1 Å². The van der Waals surface area contributed by atoms with Crippen molar-refractivity contribution in [2.75, 3.05) is 12.9 Å². The molecule has 3 N–H and O–H groups in total. The molecule has 0 saturated carbocycles. The summed E-state index contributed by atoms with van der Waals surface area (Å²) in [5.74, 6) is 0. The summed E-state index contributed by atoms with van der Waals surface area (Å²) < 4.78 is 17.3. The molecule has 1 saturated heterocycles. The first-order chi connectivity index (χ1) is 13.4. The summed E-state index contributed by atoms with van der Waals surface area (Å²) in [5, 5.41) is 39.2. The molecule has 3 rings (SSSR count). The molecule has 0 spiro atoms. The topological polar surface area (TPSA) is 111 Å². The Bertz CT molecular complexity index is 893. The Labute approximate surface area is 166 Å². The third kappa shape index (κ3) is 4.49. The fourth-order valence-electron chi connectivity index (χ4n) is 3.41. The molecule has 0 amide bonds. The Morgan fingerprint density at radius 3 is 2.54 bits per heavy atom. The molecule has 0 bridgehead atoms. The minimum absolute atomic E-state index is 0.169. The average Bonchev–Trinajstić information content (AvgIpc) is 2.70. The van der Waals surface area contributed by atoms with Crippen LogP contribution in [0.4, 0.5) is 0 Å². The first-order valence-electron chi connectivity index (χ1n) is 9.00. The Kier molecular flexibility index (Phi) is 6.60. The monoisotopic (exact) mass is 401 g/mol. The second-order valence-electron chi connectivity index (χ2n) is 6.96. The van der Waals surface area contributed by atoms with Gasteiger partial charge in [-0.2, -0.15) is 5.26 Å². The van der Waals surface area contributed by atoms with Crippen LogP contribution in [-0.2, 0) is 22.0 Å². The lowest BCUT2D eigenvalue weighted by molar-refractivity contribution is -0.179. The first kappa shape index (κ1) is 20.6. The van der Waals surface area contributed by atoms with Gasteiger partial charge in [0.25, 0.3) is 0 Å². The van der Waals surface area contributed by atoms with Crippen LogP contribution in [0.1, 0.15) is 34.8 Å². The van der Waals surface area contributed by atoms with Crippen LogP contribution < -0.4 is 0 Å². The van der Waals surface area contributed by atoms with Crippen molar-refractivity contribution in [2.45, 2.75) is 42.2 Å². The van der Waals surface area contributed by atoms with Gasteiger partial charge in [0.15, 0.2) is 0 Å². The SMILES string of the molecule is CS(=O)c1ccc(Cc2cc([C@@H]3O[C@H](CO)C[C@H](O)[C@H]3O)ccc2C#N)cc1. The van der Waals surface area contributed by atoms with Crippen LogP contribution in [0.3, 0.4) is 0 Å². The summed E-state index contributed by atoms with van der Waals surface area (Å²) in [7, 11) is -1.05. The first-order valence-corrected chi connectivity index (χ1v) is 10.6. The lowest BCUT2D eigenvalue weighted by atomic mass is 9.90. The predicted octanol–water partition coefficient (Wildman–Crippen LogP) is 1.43. The smallest absolute Gasteiger partial charge is 0.111 e. The van der Waals surface area contributed by atoms with E-state index in [0.29, 0.717) is 17.5 Å². The second kappa shape index (κ2) is 8.95. The van der Waals surface area contributed by atoms with Gasteiger partial charge in [0, 0.05) is 28.4 Å². The molecule has 1 fully saturated rings. The van der Waals surface area contributed by atoms with Crippen LogP contribution in [-0.4, -0.2) is 50.7 Å². The zero-order valence-electron chi connectivity index (χ0n) is 15.5. The third-order valence-corrected chi connectivity index (χ3v) is 5.92. The van der Waals surface area contributed by atoms with Gasteiger partial charge in [-0.05, 0) is 41.3 Å². The van der Waals surface area contributed by atoms with Gasteiger partial charge in [-0.25, -0.2) is 0 Å². The lowest BCUT2D eigenvalue weighted by Gasteiger charge is -2.37. The van der Waals surface area contributed by atoms with Crippen LogP contribution in [0.25, 0.3) is 0 Å². The number of nitrogens with zero attached hydrogens (tertiary/aromatic N) is 1. The van der Waals surface area contributed by atoms with Gasteiger partial charge in [-0.3, -0.25) is 4.21 Å². The average molecular weight is 401 g/mol. The third-order valence-electron chi connectivity index (χ3n) is 4.98. The highest BCUT2D eigenvalue weighted by atomic mass is 32.2. The van der Waals surface area contributed by atoms with Crippen LogP contribution >= 0.6 is 0 Å². The van der Waals surface area contributed by atoms with Crippen molar-refractivity contribution in [2.24, 2.45) is 0 Å². The largest absolute Gasteiger partial charge is 0.394 e. The number of aliphatic hydroxyl groups excluding tert-OH is 3. The number of benzene rings is 2. The van der Waals surface area contributed by atoms with E-state index in [2.05, 4.69) is 6.07 Å². The molecule has 0 radical (unpaired) electrons. The van der Waals surface area contributed by atoms with Gasteiger partial charge in [0.05, 0.1) is 30.4 Å². The molecule has 7 heteroatoms. The van der Waals surface area contributed by atoms with Crippen molar-refractivity contribution < 1.29 is 24.3 Å². The van der Waals surface area contributed by atoms with Crippen molar-refractivity contribution in [3.05, 3.63) is 64.7 Å². The highest BCUT2D eigenvalue weighted by Gasteiger charge is 2.37. The van der Waals surface area contributed by atoms with E-state index in [1.54, 1.807) is 36.6 Å². The normalized spacial score (nSPS) is 25.8. The van der Waals surface area contributed by atoms with E-state index in [0.717, 1.165) is 16.0 Å². The van der Waals surface area contributed by atoms with E-state index < -0.39 is 35.2 Å². The lowest BCUT2D eigenvalue weighted by Crippen LogP contribution is -2.44. The van der Waals surface area contributed by atoms with Crippen LogP contribution in [0, 0.1) is 11.3 Å². The van der Waals surface area contributed by atoms with E-state index in [9.17, 15) is 24.8 Å². The molecule has 148 valence electrons. The molecule has 0 aliphatic carbocycles. The molecule has 1 aliphatic rings. The second-order valence-corrected chi connectivity index (χ2v) is 8.34. The highest BCUT2D eigenvalue weighted by Crippen LogP contribution is 2.33. The number of hydrogen-bond acceptors (Lipinski definition) is 6. The summed E-state index contributed by atoms with van der Waals surface area (Å²) in [6.45, 7) is -0.242. The Hall–Kier alpha value is -2.08. The minimum atomic E-state index is -1.11. The quantitative estimate of drug-likeness (QED) is 0.699. The molecule has 6 nitrogen and oxygen atoms in total. The molecule has 1 aliphatic heterocycles. The van der Waals surface area contributed by atoms with Gasteiger partial charge >= 0.3 is 0 Å². The molecular weight excluding hydrogens is 378 g/mol. The van der Waals surface area contributed by atoms with E-state index in [1.165, 1.54) is 0 Å².